The lowest BCUT2D eigenvalue weighted by Crippen LogP contribution is -2.62. The zero-order valence-corrected chi connectivity index (χ0v) is 18.7. The quantitative estimate of drug-likeness (QED) is 0.658. The molecule has 2 aromatic rings. The van der Waals surface area contributed by atoms with E-state index < -0.39 is 0 Å². The van der Waals surface area contributed by atoms with E-state index in [-0.39, 0.29) is 11.1 Å². The average molecular weight is 420 g/mol. The average Bonchev–Trinajstić information content (AvgIpc) is 3.06. The number of nitrogens with zero attached hydrogens (tertiary/aromatic N) is 1. The van der Waals surface area contributed by atoms with Crippen LogP contribution in [0.2, 0.25) is 5.02 Å². The third-order valence-electron chi connectivity index (χ3n) is 5.02. The van der Waals surface area contributed by atoms with E-state index >= 15 is 0 Å². The van der Waals surface area contributed by atoms with Crippen LogP contribution in [-0.4, -0.2) is 27.1 Å². The van der Waals surface area contributed by atoms with Crippen molar-refractivity contribution in [2.75, 3.05) is 0 Å². The Kier molecular flexibility index (Phi) is 6.37. The van der Waals surface area contributed by atoms with E-state index in [1.807, 2.05) is 36.4 Å². The fraction of sp³-hybridized carbons (Fsp3) is 0.500. The SMILES string of the molecule is CC1(C)CC(NC(=S)N(Cc2ccc(Cl)cc2)Cc2ccco2)CC(C)(C)N1. The van der Waals surface area contributed by atoms with Crippen LogP contribution in [0.1, 0.15) is 51.9 Å². The van der Waals surface area contributed by atoms with E-state index in [0.717, 1.165) is 34.3 Å². The summed E-state index contributed by atoms with van der Waals surface area (Å²) in [5, 5.41) is 8.84. The van der Waals surface area contributed by atoms with Gasteiger partial charge in [-0.25, -0.2) is 0 Å². The highest BCUT2D eigenvalue weighted by molar-refractivity contribution is 7.80. The van der Waals surface area contributed by atoms with Gasteiger partial charge in [-0.15, -0.1) is 0 Å². The van der Waals surface area contributed by atoms with E-state index in [9.17, 15) is 0 Å². The summed E-state index contributed by atoms with van der Waals surface area (Å²) in [7, 11) is 0. The second-order valence-corrected chi connectivity index (χ2v) is 9.83. The molecule has 2 heterocycles. The number of benzene rings is 1. The number of thiocarbonyl (C=S) groups is 1. The van der Waals surface area contributed by atoms with Crippen LogP contribution in [0.25, 0.3) is 0 Å². The summed E-state index contributed by atoms with van der Waals surface area (Å²) >= 11 is 11.9. The van der Waals surface area contributed by atoms with Gasteiger partial charge in [0.25, 0.3) is 0 Å². The molecule has 0 amide bonds. The molecular weight excluding hydrogens is 390 g/mol. The third kappa shape index (κ3) is 5.97. The maximum atomic E-state index is 6.04. The molecule has 0 spiro atoms. The zero-order valence-electron chi connectivity index (χ0n) is 17.1. The molecule has 0 aliphatic carbocycles. The highest BCUT2D eigenvalue weighted by Crippen LogP contribution is 2.28. The number of hydrogen-bond donors (Lipinski definition) is 2. The van der Waals surface area contributed by atoms with Gasteiger partial charge in [0.2, 0.25) is 0 Å². The van der Waals surface area contributed by atoms with Gasteiger partial charge in [0.1, 0.15) is 5.76 Å². The molecule has 1 fully saturated rings. The molecule has 0 bridgehead atoms. The van der Waals surface area contributed by atoms with Crippen molar-refractivity contribution >= 4 is 28.9 Å². The first-order valence-corrected chi connectivity index (χ1v) is 10.5. The van der Waals surface area contributed by atoms with Crippen LogP contribution in [0.3, 0.4) is 0 Å². The molecule has 0 atom stereocenters. The highest BCUT2D eigenvalue weighted by atomic mass is 35.5. The molecule has 1 aromatic carbocycles. The lowest BCUT2D eigenvalue weighted by Gasteiger charge is -2.47. The largest absolute Gasteiger partial charge is 0.467 e. The monoisotopic (exact) mass is 419 g/mol. The van der Waals surface area contributed by atoms with Gasteiger partial charge in [-0.1, -0.05) is 23.7 Å². The summed E-state index contributed by atoms with van der Waals surface area (Å²) in [6.45, 7) is 10.3. The van der Waals surface area contributed by atoms with E-state index in [1.54, 1.807) is 6.26 Å². The van der Waals surface area contributed by atoms with Crippen LogP contribution < -0.4 is 10.6 Å². The molecule has 3 rings (SSSR count). The standard InChI is InChI=1S/C22H30ClN3OS/c1-21(2)12-18(13-22(3,4)25-21)24-20(28)26(15-19-6-5-11-27-19)14-16-7-9-17(23)10-8-16/h5-11,18,25H,12-15H2,1-4H3,(H,24,28). The van der Waals surface area contributed by atoms with E-state index in [1.165, 1.54) is 0 Å². The number of piperidine rings is 1. The maximum Gasteiger partial charge on any atom is 0.169 e. The first-order chi connectivity index (χ1) is 13.1. The molecule has 0 radical (unpaired) electrons. The number of nitrogens with one attached hydrogen (secondary N) is 2. The molecule has 6 heteroatoms. The molecule has 2 N–H and O–H groups in total. The second kappa shape index (κ2) is 8.44. The van der Waals surface area contributed by atoms with Crippen molar-refractivity contribution in [1.82, 2.24) is 15.5 Å². The van der Waals surface area contributed by atoms with Crippen molar-refractivity contribution in [3.05, 3.63) is 59.0 Å². The van der Waals surface area contributed by atoms with Gasteiger partial charge in [0.15, 0.2) is 5.11 Å². The maximum absolute atomic E-state index is 6.04. The Labute approximate surface area is 178 Å². The predicted octanol–water partition coefficient (Wildman–Crippen LogP) is 5.12. The topological polar surface area (TPSA) is 40.4 Å². The van der Waals surface area contributed by atoms with Crippen LogP contribution in [0.4, 0.5) is 0 Å². The first-order valence-electron chi connectivity index (χ1n) is 9.74. The second-order valence-electron chi connectivity index (χ2n) is 9.01. The van der Waals surface area contributed by atoms with Gasteiger partial charge in [0, 0.05) is 28.7 Å². The number of rotatable bonds is 5. The molecular formula is C22H30ClN3OS. The third-order valence-corrected chi connectivity index (χ3v) is 5.65. The molecule has 4 nitrogen and oxygen atoms in total. The molecule has 1 aliphatic heterocycles. The zero-order chi connectivity index (χ0) is 20.4. The normalized spacial score (nSPS) is 18.6. The Balaban J connectivity index is 1.73. The van der Waals surface area contributed by atoms with Crippen molar-refractivity contribution in [2.24, 2.45) is 0 Å². The Morgan fingerprint density at radius 3 is 2.36 bits per heavy atom. The Morgan fingerprint density at radius 1 is 1.14 bits per heavy atom. The fourth-order valence-corrected chi connectivity index (χ4v) is 4.71. The van der Waals surface area contributed by atoms with Crippen molar-refractivity contribution in [2.45, 2.75) is 70.7 Å². The lowest BCUT2D eigenvalue weighted by molar-refractivity contribution is 0.153. The summed E-state index contributed by atoms with van der Waals surface area (Å²) in [6, 6.07) is 12.1. The Hall–Kier alpha value is -1.56. The Morgan fingerprint density at radius 2 is 1.79 bits per heavy atom. The van der Waals surface area contributed by atoms with Crippen molar-refractivity contribution in [3.63, 3.8) is 0 Å². The van der Waals surface area contributed by atoms with Crippen molar-refractivity contribution in [3.8, 4) is 0 Å². The Bertz CT molecular complexity index is 771. The molecule has 0 saturated carbocycles. The van der Waals surface area contributed by atoms with E-state index in [2.05, 4.69) is 43.2 Å². The summed E-state index contributed by atoms with van der Waals surface area (Å²) < 4.78 is 5.57. The minimum Gasteiger partial charge on any atom is -0.467 e. The van der Waals surface area contributed by atoms with Gasteiger partial charge >= 0.3 is 0 Å². The van der Waals surface area contributed by atoms with Crippen molar-refractivity contribution < 1.29 is 4.42 Å². The predicted molar refractivity (Wildman–Crippen MR) is 119 cm³/mol. The van der Waals surface area contributed by atoms with E-state index in [0.29, 0.717) is 19.1 Å². The van der Waals surface area contributed by atoms with Gasteiger partial charge < -0.3 is 20.0 Å². The van der Waals surface area contributed by atoms with Crippen LogP contribution >= 0.6 is 23.8 Å². The molecule has 1 aromatic heterocycles. The smallest absolute Gasteiger partial charge is 0.169 e. The van der Waals surface area contributed by atoms with Gasteiger partial charge in [-0.3, -0.25) is 0 Å². The number of hydrogen-bond acceptors (Lipinski definition) is 3. The van der Waals surface area contributed by atoms with Crippen molar-refractivity contribution in [1.29, 1.82) is 0 Å². The van der Waals surface area contributed by atoms with E-state index in [4.69, 9.17) is 28.2 Å². The molecule has 152 valence electrons. The summed E-state index contributed by atoms with van der Waals surface area (Å²) in [5.41, 5.74) is 1.29. The minimum atomic E-state index is 0.0665. The minimum absolute atomic E-state index is 0.0665. The van der Waals surface area contributed by atoms with Crippen LogP contribution in [0.5, 0.6) is 0 Å². The fourth-order valence-electron chi connectivity index (χ4n) is 4.29. The summed E-state index contributed by atoms with van der Waals surface area (Å²) in [4.78, 5) is 2.15. The van der Waals surface area contributed by atoms with Gasteiger partial charge in [0.05, 0.1) is 12.8 Å². The molecule has 1 aliphatic rings. The summed E-state index contributed by atoms with van der Waals surface area (Å²) in [6.07, 6.45) is 3.74. The van der Waals surface area contributed by atoms with Gasteiger partial charge in [-0.2, -0.15) is 0 Å². The lowest BCUT2D eigenvalue weighted by atomic mass is 9.80. The number of furan rings is 1. The van der Waals surface area contributed by atoms with Crippen LogP contribution in [0, 0.1) is 0 Å². The molecule has 0 unspecified atom stereocenters. The van der Waals surface area contributed by atoms with Gasteiger partial charge in [-0.05, 0) is 82.6 Å². The highest BCUT2D eigenvalue weighted by Gasteiger charge is 2.38. The molecule has 1 saturated heterocycles. The first kappa shape index (κ1) is 21.2. The summed E-state index contributed by atoms with van der Waals surface area (Å²) in [5.74, 6) is 0.893. The number of halogens is 1. The van der Waals surface area contributed by atoms with Crippen LogP contribution in [-0.2, 0) is 13.1 Å². The van der Waals surface area contributed by atoms with Crippen LogP contribution in [0.15, 0.2) is 47.1 Å². The molecule has 28 heavy (non-hydrogen) atoms.